The van der Waals surface area contributed by atoms with Gasteiger partial charge < -0.3 is 0 Å². The minimum absolute atomic E-state index is 0.371. The summed E-state index contributed by atoms with van der Waals surface area (Å²) in [6, 6.07) is 0. The molecular formula is C8H10O2W. The van der Waals surface area contributed by atoms with Crippen LogP contribution in [0.25, 0.3) is 0 Å². The van der Waals surface area contributed by atoms with Crippen LogP contribution in [-0.2, 0) is 24.1 Å². The van der Waals surface area contributed by atoms with E-state index in [1.54, 1.807) is 10.5 Å². The van der Waals surface area contributed by atoms with Crippen LogP contribution in [0.5, 0.6) is 0 Å². The molecule has 0 saturated carbocycles. The van der Waals surface area contributed by atoms with Gasteiger partial charge in [-0.05, 0) is 0 Å². The number of carboxylic acid groups (broad SMARTS) is 1. The van der Waals surface area contributed by atoms with Gasteiger partial charge in [-0.25, -0.2) is 0 Å². The summed E-state index contributed by atoms with van der Waals surface area (Å²) in [5.41, 5.74) is 1.34. The van der Waals surface area contributed by atoms with Crippen molar-refractivity contribution in [2.45, 2.75) is 13.8 Å². The fraction of sp³-hybridized carbons (Fsp3) is 0.250. The van der Waals surface area contributed by atoms with Crippen LogP contribution >= 0.6 is 0 Å². The van der Waals surface area contributed by atoms with Crippen LogP contribution in [0, 0.1) is 0 Å². The standard InChI is InChI=1S/C8H10O2.W/c1-4-6(2)5-7(3)8(9)10;/h3-5H,1-2H3,(H,9,10);/b6-4?,7-5+;. The van der Waals surface area contributed by atoms with E-state index in [4.69, 9.17) is 5.11 Å². The fourth-order valence-corrected chi connectivity index (χ4v) is 1.08. The summed E-state index contributed by atoms with van der Waals surface area (Å²) in [5.74, 6) is -0.860. The van der Waals surface area contributed by atoms with Gasteiger partial charge in [0.1, 0.15) is 0 Å². The Hall–Kier alpha value is -0.492. The van der Waals surface area contributed by atoms with Crippen molar-refractivity contribution < 1.29 is 29.3 Å². The van der Waals surface area contributed by atoms with Gasteiger partial charge in [0, 0.05) is 0 Å². The Morgan fingerprint density at radius 2 is 2.09 bits per heavy atom. The minimum atomic E-state index is -0.860. The molecular weight excluding hydrogens is 312 g/mol. The van der Waals surface area contributed by atoms with Gasteiger partial charge in [-0.15, -0.1) is 0 Å². The predicted molar refractivity (Wildman–Crippen MR) is 41.2 cm³/mol. The number of carbonyl (C=O) groups is 1. The molecule has 0 aromatic rings. The van der Waals surface area contributed by atoms with Crippen molar-refractivity contribution in [3.63, 3.8) is 0 Å². The summed E-state index contributed by atoms with van der Waals surface area (Å²) in [4.78, 5) is 10.5. The van der Waals surface area contributed by atoms with Crippen LogP contribution in [-0.4, -0.2) is 15.5 Å². The number of rotatable bonds is 3. The zero-order chi connectivity index (χ0) is 8.85. The summed E-state index contributed by atoms with van der Waals surface area (Å²) in [7, 11) is 0. The summed E-state index contributed by atoms with van der Waals surface area (Å²) in [6.07, 6.45) is 3.54. The van der Waals surface area contributed by atoms with Gasteiger partial charge in [-0.1, -0.05) is 0 Å². The number of carboxylic acids is 1. The molecule has 0 aliphatic heterocycles. The topological polar surface area (TPSA) is 37.3 Å². The Balaban J connectivity index is 4.62. The molecule has 1 N–H and O–H groups in total. The summed E-state index contributed by atoms with van der Waals surface area (Å²) >= 11 is 1.15. The molecule has 0 atom stereocenters. The van der Waals surface area contributed by atoms with E-state index < -0.39 is 5.97 Å². The van der Waals surface area contributed by atoms with E-state index in [0.29, 0.717) is 5.57 Å². The molecule has 0 aliphatic rings. The molecule has 0 spiro atoms. The van der Waals surface area contributed by atoms with Crippen molar-refractivity contribution in [3.05, 3.63) is 23.3 Å². The number of allylic oxidation sites excluding steroid dienone is 3. The summed E-state index contributed by atoms with van der Waals surface area (Å²) in [6.45, 7) is 3.76. The molecule has 0 aromatic heterocycles. The first-order valence-corrected chi connectivity index (χ1v) is 4.84. The van der Waals surface area contributed by atoms with E-state index in [2.05, 4.69) is 0 Å². The third-order valence-electron chi connectivity index (χ3n) is 1.21. The molecule has 0 amide bonds. The predicted octanol–water partition coefficient (Wildman–Crippen LogP) is 1.31. The Morgan fingerprint density at radius 1 is 1.55 bits per heavy atom. The van der Waals surface area contributed by atoms with Crippen LogP contribution in [0.2, 0.25) is 0 Å². The van der Waals surface area contributed by atoms with E-state index in [0.717, 1.165) is 24.9 Å². The van der Waals surface area contributed by atoms with Gasteiger partial charge in [-0.2, -0.15) is 0 Å². The maximum absolute atomic E-state index is 10.5. The van der Waals surface area contributed by atoms with Gasteiger partial charge in [0.15, 0.2) is 0 Å². The Morgan fingerprint density at radius 3 is 2.36 bits per heavy atom. The maximum atomic E-state index is 10.5. The number of aliphatic carboxylic acids is 1. The molecule has 0 aliphatic carbocycles. The normalized spacial score (nSPS) is 12.9. The van der Waals surface area contributed by atoms with Crippen LogP contribution in [0.3, 0.4) is 0 Å². The van der Waals surface area contributed by atoms with Crippen LogP contribution in [0.1, 0.15) is 13.8 Å². The van der Waals surface area contributed by atoms with Gasteiger partial charge in [-0.3, -0.25) is 0 Å². The third-order valence-corrected chi connectivity index (χ3v) is 2.12. The molecule has 0 rings (SSSR count). The monoisotopic (exact) mass is 322 g/mol. The SMILES string of the molecule is CC=C(C)/C=C(\[CH]=[W])C(=O)O. The quantitative estimate of drug-likeness (QED) is 0.628. The van der Waals surface area contributed by atoms with Gasteiger partial charge in [0.2, 0.25) is 0 Å². The average molecular weight is 322 g/mol. The van der Waals surface area contributed by atoms with Crippen molar-refractivity contribution >= 4 is 10.4 Å². The average Bonchev–Trinajstić information content (AvgIpc) is 1.99. The van der Waals surface area contributed by atoms with Gasteiger partial charge in [0.05, 0.1) is 0 Å². The van der Waals surface area contributed by atoms with Crippen molar-refractivity contribution in [1.29, 1.82) is 0 Å². The van der Waals surface area contributed by atoms with E-state index in [1.165, 1.54) is 0 Å². The van der Waals surface area contributed by atoms with Crippen molar-refractivity contribution in [2.75, 3.05) is 0 Å². The van der Waals surface area contributed by atoms with Crippen LogP contribution < -0.4 is 0 Å². The number of hydrogen-bond donors (Lipinski definition) is 1. The molecule has 11 heavy (non-hydrogen) atoms. The van der Waals surface area contributed by atoms with Gasteiger partial charge in [0.25, 0.3) is 0 Å². The van der Waals surface area contributed by atoms with E-state index >= 15 is 0 Å². The molecule has 0 unspecified atom stereocenters. The molecule has 0 radical (unpaired) electrons. The molecule has 0 fully saturated rings. The van der Waals surface area contributed by atoms with E-state index in [9.17, 15) is 4.79 Å². The first-order valence-electron chi connectivity index (χ1n) is 3.15. The van der Waals surface area contributed by atoms with Crippen molar-refractivity contribution in [2.24, 2.45) is 0 Å². The molecule has 60 valence electrons. The Labute approximate surface area is 77.0 Å². The van der Waals surface area contributed by atoms with Crippen LogP contribution in [0.4, 0.5) is 0 Å². The summed E-state index contributed by atoms with van der Waals surface area (Å²) < 4.78 is 1.66. The Bertz CT molecular complexity index is 226. The first-order chi connectivity index (χ1) is 5.11. The van der Waals surface area contributed by atoms with Gasteiger partial charge >= 0.3 is 76.8 Å². The molecule has 0 heterocycles. The molecule has 0 aromatic carbocycles. The third kappa shape index (κ3) is 4.05. The zero-order valence-corrected chi connectivity index (χ0v) is 9.43. The molecule has 0 bridgehead atoms. The van der Waals surface area contributed by atoms with E-state index in [1.807, 2.05) is 19.9 Å². The van der Waals surface area contributed by atoms with Crippen molar-refractivity contribution in [1.82, 2.24) is 0 Å². The second-order valence-electron chi connectivity index (χ2n) is 2.06. The van der Waals surface area contributed by atoms with Crippen LogP contribution in [0.15, 0.2) is 23.3 Å². The second-order valence-corrected chi connectivity index (χ2v) is 2.90. The number of hydrogen-bond acceptors (Lipinski definition) is 1. The Kier molecular flexibility index (Phi) is 4.96. The zero-order valence-electron chi connectivity index (χ0n) is 6.50. The van der Waals surface area contributed by atoms with E-state index in [-0.39, 0.29) is 0 Å². The fourth-order valence-electron chi connectivity index (χ4n) is 0.475. The molecule has 3 heteroatoms. The van der Waals surface area contributed by atoms with Crippen molar-refractivity contribution in [3.8, 4) is 0 Å². The molecule has 0 saturated heterocycles. The second kappa shape index (κ2) is 5.20. The first kappa shape index (κ1) is 10.5. The summed E-state index contributed by atoms with van der Waals surface area (Å²) in [5, 5.41) is 8.60. The molecule has 2 nitrogen and oxygen atoms in total.